The van der Waals surface area contributed by atoms with Crippen LogP contribution < -0.4 is 0 Å². The maximum absolute atomic E-state index is 13.1. The van der Waals surface area contributed by atoms with E-state index in [-0.39, 0.29) is 11.9 Å². The number of carbonyl (C=O) groups excluding carboxylic acids is 1. The molecule has 0 bridgehead atoms. The molecule has 0 atom stereocenters. The van der Waals surface area contributed by atoms with Gasteiger partial charge in [0.05, 0.1) is 22.5 Å². The molecule has 10 heteroatoms. The van der Waals surface area contributed by atoms with Gasteiger partial charge in [-0.2, -0.15) is 5.10 Å². The Bertz CT molecular complexity index is 1210. The van der Waals surface area contributed by atoms with E-state index in [0.29, 0.717) is 35.8 Å². The van der Waals surface area contributed by atoms with E-state index in [1.807, 2.05) is 46.8 Å². The molecule has 1 saturated heterocycles. The van der Waals surface area contributed by atoms with Crippen molar-refractivity contribution in [2.45, 2.75) is 25.8 Å². The topological polar surface area (TPSA) is 75.5 Å². The van der Waals surface area contributed by atoms with E-state index in [2.05, 4.69) is 5.10 Å². The quantitative estimate of drug-likeness (QED) is 0.589. The summed E-state index contributed by atoms with van der Waals surface area (Å²) in [6.07, 6.45) is 2.48. The molecule has 0 saturated carbocycles. The molecule has 3 aromatic rings. The van der Waals surface area contributed by atoms with Gasteiger partial charge in [0.25, 0.3) is 5.91 Å². The molecular formula is C20H23ClN4O3S2. The Kier molecular flexibility index (Phi) is 5.65. The molecule has 30 heavy (non-hydrogen) atoms. The highest BCUT2D eigenvalue weighted by atomic mass is 35.5. The van der Waals surface area contributed by atoms with E-state index in [1.165, 1.54) is 21.9 Å². The van der Waals surface area contributed by atoms with E-state index < -0.39 is 10.0 Å². The van der Waals surface area contributed by atoms with Gasteiger partial charge in [-0.1, -0.05) is 17.7 Å². The second kappa shape index (κ2) is 7.96. The molecule has 3 heterocycles. The van der Waals surface area contributed by atoms with Crippen molar-refractivity contribution in [3.63, 3.8) is 0 Å². The summed E-state index contributed by atoms with van der Waals surface area (Å²) in [4.78, 5) is 16.5. The molecule has 0 N–H and O–H groups in total. The molecular weight excluding hydrogens is 444 g/mol. The minimum Gasteiger partial charge on any atom is -0.338 e. The van der Waals surface area contributed by atoms with Crippen molar-refractivity contribution in [3.05, 3.63) is 45.9 Å². The number of nitrogens with zero attached hydrogens (tertiary/aromatic N) is 4. The second-order valence-electron chi connectivity index (χ2n) is 7.61. The zero-order valence-corrected chi connectivity index (χ0v) is 19.4. The van der Waals surface area contributed by atoms with E-state index in [0.717, 1.165) is 21.6 Å². The molecule has 0 unspecified atom stereocenters. The summed E-state index contributed by atoms with van der Waals surface area (Å²) >= 11 is 7.55. The number of hydrogen-bond donors (Lipinski definition) is 0. The maximum atomic E-state index is 13.1. The molecule has 4 rings (SSSR count). The van der Waals surface area contributed by atoms with Crippen LogP contribution in [0.1, 0.15) is 28.2 Å². The van der Waals surface area contributed by atoms with Crippen LogP contribution in [-0.4, -0.2) is 65.7 Å². The molecule has 2 aromatic heterocycles. The lowest BCUT2D eigenvalue weighted by Crippen LogP contribution is -2.46. The van der Waals surface area contributed by atoms with Gasteiger partial charge in [0.15, 0.2) is 0 Å². The number of piperidine rings is 1. The van der Waals surface area contributed by atoms with Crippen molar-refractivity contribution >= 4 is 49.1 Å². The number of hydrogen-bond acceptors (Lipinski definition) is 5. The Labute approximate surface area is 184 Å². The number of likely N-dealkylation sites (tertiary alicyclic amines) is 1. The molecule has 0 radical (unpaired) electrons. The monoisotopic (exact) mass is 466 g/mol. The van der Waals surface area contributed by atoms with Crippen molar-refractivity contribution < 1.29 is 13.2 Å². The van der Waals surface area contributed by atoms with E-state index >= 15 is 0 Å². The van der Waals surface area contributed by atoms with Gasteiger partial charge >= 0.3 is 0 Å². The van der Waals surface area contributed by atoms with Crippen molar-refractivity contribution in [2.75, 3.05) is 26.4 Å². The molecule has 7 nitrogen and oxygen atoms in total. The van der Waals surface area contributed by atoms with Crippen LogP contribution in [0, 0.1) is 6.92 Å². The summed E-state index contributed by atoms with van der Waals surface area (Å²) in [5.41, 5.74) is 1.71. The zero-order valence-electron chi connectivity index (χ0n) is 17.0. The predicted octanol–water partition coefficient (Wildman–Crippen LogP) is 3.54. The number of amides is 1. The lowest BCUT2D eigenvalue weighted by molar-refractivity contribution is 0.0691. The number of aryl methyl sites for hydroxylation is 1. The number of carbonyl (C=O) groups is 1. The highest BCUT2D eigenvalue weighted by Gasteiger charge is 2.30. The van der Waals surface area contributed by atoms with Crippen molar-refractivity contribution in [3.8, 4) is 5.69 Å². The fraction of sp³-hybridized carbons (Fsp3) is 0.400. The number of fused-ring (bicyclic) bond motifs is 1. The smallest absolute Gasteiger partial charge is 0.264 e. The van der Waals surface area contributed by atoms with Crippen molar-refractivity contribution in [2.24, 2.45) is 0 Å². The minimum absolute atomic E-state index is 0.0197. The molecule has 0 aliphatic carbocycles. The highest BCUT2D eigenvalue weighted by molar-refractivity contribution is 7.88. The summed E-state index contributed by atoms with van der Waals surface area (Å²) < 4.78 is 26.8. The first-order valence-electron chi connectivity index (χ1n) is 9.62. The van der Waals surface area contributed by atoms with Crippen LogP contribution in [0.5, 0.6) is 0 Å². The standard InChI is InChI=1S/C20H23ClN4O3S2/c1-13-17-12-18(29-20(17)25(22-13)16-6-4-5-14(21)11-16)19(26)24-9-7-15(8-10-24)23(2)30(3,27)28/h4-6,11-12,15H,7-10H2,1-3H3. The van der Waals surface area contributed by atoms with Crippen LogP contribution in [0.3, 0.4) is 0 Å². The first-order chi connectivity index (χ1) is 14.1. The molecule has 1 aromatic carbocycles. The van der Waals surface area contributed by atoms with Gasteiger partial charge in [0, 0.05) is 36.6 Å². The highest BCUT2D eigenvalue weighted by Crippen LogP contribution is 2.32. The Morgan fingerprint density at radius 1 is 1.27 bits per heavy atom. The van der Waals surface area contributed by atoms with Crippen LogP contribution in [0.25, 0.3) is 15.9 Å². The first kappa shape index (κ1) is 21.3. The summed E-state index contributed by atoms with van der Waals surface area (Å²) in [5, 5.41) is 6.19. The Hall–Kier alpha value is -1.94. The molecule has 1 amide bonds. The fourth-order valence-electron chi connectivity index (χ4n) is 3.79. The average Bonchev–Trinajstić information content (AvgIpc) is 3.27. The first-order valence-corrected chi connectivity index (χ1v) is 12.7. The van der Waals surface area contributed by atoms with Crippen LogP contribution >= 0.6 is 22.9 Å². The van der Waals surface area contributed by atoms with Crippen LogP contribution in [0.4, 0.5) is 0 Å². The van der Waals surface area contributed by atoms with Gasteiger partial charge in [-0.3, -0.25) is 4.79 Å². The average molecular weight is 467 g/mol. The van der Waals surface area contributed by atoms with Gasteiger partial charge in [-0.05, 0) is 44.0 Å². The fourth-order valence-corrected chi connectivity index (χ4v) is 5.88. The van der Waals surface area contributed by atoms with Crippen molar-refractivity contribution in [1.29, 1.82) is 0 Å². The molecule has 160 valence electrons. The molecule has 1 aliphatic rings. The lowest BCUT2D eigenvalue weighted by Gasteiger charge is -2.35. The normalized spacial score (nSPS) is 16.0. The van der Waals surface area contributed by atoms with E-state index in [1.54, 1.807) is 7.05 Å². The number of thiophene rings is 1. The summed E-state index contributed by atoms with van der Waals surface area (Å²) in [6.45, 7) is 3.00. The SMILES string of the molecule is Cc1nn(-c2cccc(Cl)c2)c2sc(C(=O)N3CCC(N(C)S(C)(=O)=O)CC3)cc12. The van der Waals surface area contributed by atoms with Crippen LogP contribution in [0.15, 0.2) is 30.3 Å². The number of sulfonamides is 1. The predicted molar refractivity (Wildman–Crippen MR) is 120 cm³/mol. The van der Waals surface area contributed by atoms with Gasteiger partial charge in [-0.25, -0.2) is 17.4 Å². The third-order valence-corrected chi connectivity index (χ3v) is 8.28. The van der Waals surface area contributed by atoms with E-state index in [4.69, 9.17) is 11.6 Å². The maximum Gasteiger partial charge on any atom is 0.264 e. The molecule has 1 fully saturated rings. The summed E-state index contributed by atoms with van der Waals surface area (Å²) in [5.74, 6) is -0.0197. The van der Waals surface area contributed by atoms with Crippen LogP contribution in [0.2, 0.25) is 5.02 Å². The number of halogens is 1. The van der Waals surface area contributed by atoms with Gasteiger partial charge in [0.1, 0.15) is 4.83 Å². The minimum atomic E-state index is -3.23. The van der Waals surface area contributed by atoms with Crippen molar-refractivity contribution in [1.82, 2.24) is 19.0 Å². The largest absolute Gasteiger partial charge is 0.338 e. The number of aromatic nitrogens is 2. The van der Waals surface area contributed by atoms with Crippen LogP contribution in [-0.2, 0) is 10.0 Å². The summed E-state index contributed by atoms with van der Waals surface area (Å²) in [7, 11) is -1.62. The van der Waals surface area contributed by atoms with Gasteiger partial charge < -0.3 is 4.90 Å². The van der Waals surface area contributed by atoms with Gasteiger partial charge in [-0.15, -0.1) is 11.3 Å². The third kappa shape index (κ3) is 3.99. The second-order valence-corrected chi connectivity index (χ2v) is 11.1. The number of benzene rings is 1. The number of rotatable bonds is 4. The molecule has 0 spiro atoms. The zero-order chi connectivity index (χ0) is 21.6. The Morgan fingerprint density at radius 2 is 1.97 bits per heavy atom. The summed E-state index contributed by atoms with van der Waals surface area (Å²) in [6, 6.07) is 9.30. The molecule has 1 aliphatic heterocycles. The Morgan fingerprint density at radius 3 is 2.60 bits per heavy atom. The van der Waals surface area contributed by atoms with E-state index in [9.17, 15) is 13.2 Å². The Balaban J connectivity index is 1.56. The lowest BCUT2D eigenvalue weighted by atomic mass is 10.1. The third-order valence-electron chi connectivity index (χ3n) is 5.60. The van der Waals surface area contributed by atoms with Gasteiger partial charge in [0.2, 0.25) is 10.0 Å².